The van der Waals surface area contributed by atoms with Crippen molar-refractivity contribution in [2.24, 2.45) is 5.92 Å². The van der Waals surface area contributed by atoms with E-state index in [1.807, 2.05) is 6.07 Å². The number of rotatable bonds is 7. The van der Waals surface area contributed by atoms with E-state index in [9.17, 15) is 14.0 Å². The zero-order chi connectivity index (χ0) is 19.4. The van der Waals surface area contributed by atoms with E-state index in [0.29, 0.717) is 11.5 Å². The monoisotopic (exact) mass is 373 g/mol. The number of methoxy groups -OCH3 is 1. The lowest BCUT2D eigenvalue weighted by atomic mass is 10.1. The van der Waals surface area contributed by atoms with E-state index in [0.717, 1.165) is 11.1 Å². The molecule has 0 saturated carbocycles. The Morgan fingerprint density at radius 2 is 2.00 bits per heavy atom. The molecule has 3 rings (SSSR count). The van der Waals surface area contributed by atoms with Gasteiger partial charge in [-0.05, 0) is 23.8 Å². The average molecular weight is 373 g/mol. The summed E-state index contributed by atoms with van der Waals surface area (Å²) in [7, 11) is 1.52. The quantitative estimate of drug-likeness (QED) is 0.808. The van der Waals surface area contributed by atoms with E-state index in [-0.39, 0.29) is 37.8 Å². The van der Waals surface area contributed by atoms with E-state index in [1.165, 1.54) is 24.1 Å². The van der Waals surface area contributed by atoms with Crippen LogP contribution < -0.4 is 9.47 Å². The highest BCUT2D eigenvalue weighted by Gasteiger charge is 2.34. The van der Waals surface area contributed by atoms with Crippen molar-refractivity contribution in [2.75, 3.05) is 13.7 Å². The molecule has 0 aliphatic carbocycles. The maximum absolute atomic E-state index is 13.0. The van der Waals surface area contributed by atoms with Crippen molar-refractivity contribution in [3.63, 3.8) is 0 Å². The third-order valence-electron chi connectivity index (χ3n) is 4.50. The summed E-state index contributed by atoms with van der Waals surface area (Å²) in [6.45, 7) is 0.612. The minimum Gasteiger partial charge on any atom is -0.493 e. The Bertz CT molecular complexity index is 837. The van der Waals surface area contributed by atoms with Crippen LogP contribution in [0.15, 0.2) is 42.5 Å². The Balaban J connectivity index is 1.78. The molecule has 1 aliphatic rings. The van der Waals surface area contributed by atoms with Crippen molar-refractivity contribution in [1.82, 2.24) is 4.90 Å². The number of carbonyl (C=O) groups is 2. The van der Waals surface area contributed by atoms with Crippen molar-refractivity contribution in [2.45, 2.75) is 19.6 Å². The van der Waals surface area contributed by atoms with Crippen LogP contribution in [0.25, 0.3) is 0 Å². The highest BCUT2D eigenvalue weighted by atomic mass is 19.1. The summed E-state index contributed by atoms with van der Waals surface area (Å²) < 4.78 is 24.3. The summed E-state index contributed by atoms with van der Waals surface area (Å²) in [5.41, 5.74) is 1.51. The second-order valence-corrected chi connectivity index (χ2v) is 6.38. The van der Waals surface area contributed by atoms with Gasteiger partial charge in [-0.1, -0.05) is 24.3 Å². The summed E-state index contributed by atoms with van der Waals surface area (Å²) in [5, 5.41) is 9.13. The molecule has 1 N–H and O–H groups in total. The molecule has 0 spiro atoms. The first-order valence-electron chi connectivity index (χ1n) is 8.51. The normalized spacial score (nSPS) is 16.4. The van der Waals surface area contributed by atoms with Gasteiger partial charge in [-0.2, -0.15) is 0 Å². The highest BCUT2D eigenvalue weighted by Crippen LogP contribution is 2.34. The van der Waals surface area contributed by atoms with Crippen LogP contribution in [0.2, 0.25) is 0 Å². The number of aliphatic carboxylic acids is 1. The highest BCUT2D eigenvalue weighted by molar-refractivity contribution is 5.86. The van der Waals surface area contributed by atoms with Gasteiger partial charge in [-0.3, -0.25) is 9.59 Å². The van der Waals surface area contributed by atoms with Crippen LogP contribution in [0.5, 0.6) is 11.5 Å². The topological polar surface area (TPSA) is 76.1 Å². The lowest BCUT2D eigenvalue weighted by Crippen LogP contribution is -2.26. The molecule has 1 amide bonds. The van der Waals surface area contributed by atoms with Gasteiger partial charge in [0.1, 0.15) is 12.4 Å². The van der Waals surface area contributed by atoms with Crippen molar-refractivity contribution in [1.29, 1.82) is 0 Å². The molecule has 6 nitrogen and oxygen atoms in total. The first-order chi connectivity index (χ1) is 13.0. The van der Waals surface area contributed by atoms with Crippen molar-refractivity contribution in [3.05, 3.63) is 59.4 Å². The lowest BCUT2D eigenvalue weighted by molar-refractivity contribution is -0.141. The molecule has 0 radical (unpaired) electrons. The standard InChI is InChI=1S/C20H20FNO5/c1-26-17-4-2-3-14(10-22-11-15(20(24)25)9-18(22)23)19(17)27-12-13-5-7-16(21)8-6-13/h2-8,15H,9-12H2,1H3,(H,24,25). The molecule has 1 heterocycles. The largest absolute Gasteiger partial charge is 0.493 e. The van der Waals surface area contributed by atoms with Gasteiger partial charge in [0.2, 0.25) is 5.91 Å². The predicted octanol–water partition coefficient (Wildman–Crippen LogP) is 2.85. The fraction of sp³-hybridized carbons (Fsp3) is 0.300. The molecule has 1 unspecified atom stereocenters. The average Bonchev–Trinajstić information content (AvgIpc) is 3.02. The zero-order valence-corrected chi connectivity index (χ0v) is 14.9. The Kier molecular flexibility index (Phi) is 5.59. The Morgan fingerprint density at radius 3 is 2.63 bits per heavy atom. The number of likely N-dealkylation sites (tertiary alicyclic amines) is 1. The molecule has 2 aromatic rings. The molecule has 0 aromatic heterocycles. The zero-order valence-electron chi connectivity index (χ0n) is 14.9. The van der Waals surface area contributed by atoms with Crippen molar-refractivity contribution >= 4 is 11.9 Å². The molecule has 1 atom stereocenters. The van der Waals surface area contributed by atoms with Crippen molar-refractivity contribution in [3.8, 4) is 11.5 Å². The number of carboxylic acid groups (broad SMARTS) is 1. The number of benzene rings is 2. The molecular weight excluding hydrogens is 353 g/mol. The molecule has 7 heteroatoms. The summed E-state index contributed by atoms with van der Waals surface area (Å²) in [4.78, 5) is 24.8. The lowest BCUT2D eigenvalue weighted by Gasteiger charge is -2.20. The van der Waals surface area contributed by atoms with Gasteiger partial charge in [0.05, 0.1) is 13.0 Å². The number of hydrogen-bond acceptors (Lipinski definition) is 4. The van der Waals surface area contributed by atoms with E-state index in [1.54, 1.807) is 24.3 Å². The minimum absolute atomic E-state index is 0.00503. The molecule has 2 aromatic carbocycles. The maximum Gasteiger partial charge on any atom is 0.308 e. The number of ether oxygens (including phenoxy) is 2. The summed E-state index contributed by atoms with van der Waals surface area (Å²) >= 11 is 0. The maximum atomic E-state index is 13.0. The van der Waals surface area contributed by atoms with Crippen LogP contribution in [0, 0.1) is 11.7 Å². The van der Waals surface area contributed by atoms with E-state index < -0.39 is 11.9 Å². The molecule has 142 valence electrons. The van der Waals surface area contributed by atoms with Crippen LogP contribution in [-0.4, -0.2) is 35.5 Å². The number of carboxylic acids is 1. The van der Waals surface area contributed by atoms with Gasteiger partial charge in [0.15, 0.2) is 11.5 Å². The summed E-state index contributed by atoms with van der Waals surface area (Å²) in [6, 6.07) is 11.3. The second kappa shape index (κ2) is 8.07. The molecule has 27 heavy (non-hydrogen) atoms. The second-order valence-electron chi connectivity index (χ2n) is 6.38. The third kappa shape index (κ3) is 4.36. The molecular formula is C20H20FNO5. The van der Waals surface area contributed by atoms with Gasteiger partial charge >= 0.3 is 5.97 Å². The number of amides is 1. The molecule has 0 bridgehead atoms. The Morgan fingerprint density at radius 1 is 1.26 bits per heavy atom. The van der Waals surface area contributed by atoms with Crippen LogP contribution in [0.3, 0.4) is 0 Å². The van der Waals surface area contributed by atoms with Crippen LogP contribution in [0.1, 0.15) is 17.5 Å². The number of para-hydroxylation sites is 1. The van der Waals surface area contributed by atoms with E-state index in [2.05, 4.69) is 0 Å². The van der Waals surface area contributed by atoms with Crippen LogP contribution in [0.4, 0.5) is 4.39 Å². The molecule has 1 saturated heterocycles. The molecule has 1 fully saturated rings. The van der Waals surface area contributed by atoms with Gasteiger partial charge in [0, 0.05) is 25.1 Å². The third-order valence-corrected chi connectivity index (χ3v) is 4.50. The van der Waals surface area contributed by atoms with Crippen molar-refractivity contribution < 1.29 is 28.6 Å². The fourth-order valence-corrected chi connectivity index (χ4v) is 3.04. The first kappa shape index (κ1) is 18.7. The Hall–Kier alpha value is -3.09. The van der Waals surface area contributed by atoms with Crippen LogP contribution >= 0.6 is 0 Å². The summed E-state index contributed by atoms with van der Waals surface area (Å²) in [5.74, 6) is -1.19. The number of nitrogens with zero attached hydrogens (tertiary/aromatic N) is 1. The smallest absolute Gasteiger partial charge is 0.308 e. The molecule has 1 aliphatic heterocycles. The van der Waals surface area contributed by atoms with Gasteiger partial charge in [-0.25, -0.2) is 4.39 Å². The fourth-order valence-electron chi connectivity index (χ4n) is 3.04. The predicted molar refractivity (Wildman–Crippen MR) is 94.9 cm³/mol. The van der Waals surface area contributed by atoms with Gasteiger partial charge in [0.25, 0.3) is 0 Å². The summed E-state index contributed by atoms with van der Waals surface area (Å²) in [6.07, 6.45) is 0.00503. The van der Waals surface area contributed by atoms with Gasteiger partial charge < -0.3 is 19.5 Å². The number of halogens is 1. The van der Waals surface area contributed by atoms with Crippen LogP contribution in [-0.2, 0) is 22.7 Å². The minimum atomic E-state index is -0.968. The number of hydrogen-bond donors (Lipinski definition) is 1. The van der Waals surface area contributed by atoms with E-state index >= 15 is 0 Å². The number of carbonyl (C=O) groups excluding carboxylic acids is 1. The van der Waals surface area contributed by atoms with Gasteiger partial charge in [-0.15, -0.1) is 0 Å². The first-order valence-corrected chi connectivity index (χ1v) is 8.51. The van der Waals surface area contributed by atoms with E-state index in [4.69, 9.17) is 14.6 Å². The Labute approximate surface area is 156 Å². The SMILES string of the molecule is COc1cccc(CN2CC(C(=O)O)CC2=O)c1OCc1ccc(F)cc1.